The summed E-state index contributed by atoms with van der Waals surface area (Å²) in [6.45, 7) is 1.98. The summed E-state index contributed by atoms with van der Waals surface area (Å²) in [5.74, 6) is -0.242. The predicted molar refractivity (Wildman–Crippen MR) is 36.8 cm³/mol. The Labute approximate surface area is 58.3 Å². The van der Waals surface area contributed by atoms with E-state index in [1.54, 1.807) is 6.92 Å². The molecule has 0 bridgehead atoms. The van der Waals surface area contributed by atoms with Gasteiger partial charge in [-0.25, -0.2) is 0 Å². The van der Waals surface area contributed by atoms with E-state index < -0.39 is 0 Å². The Morgan fingerprint density at radius 1 is 1.80 bits per heavy atom. The summed E-state index contributed by atoms with van der Waals surface area (Å²) in [5, 5.41) is 11.1. The van der Waals surface area contributed by atoms with Crippen molar-refractivity contribution in [3.63, 3.8) is 0 Å². The number of allylic oxidation sites excluding steroid dienone is 1. The summed E-state index contributed by atoms with van der Waals surface area (Å²) in [6, 6.07) is 0. The molecule has 0 amide bonds. The number of aliphatic hydroxyl groups is 1. The highest BCUT2D eigenvalue weighted by atomic mass is 16.2. The molecule has 1 heterocycles. The Morgan fingerprint density at radius 2 is 2.50 bits per heavy atom. The van der Waals surface area contributed by atoms with Gasteiger partial charge in [-0.1, -0.05) is 0 Å². The number of nitrogens with one attached hydrogen (secondary N) is 1. The van der Waals surface area contributed by atoms with E-state index in [1.165, 1.54) is 0 Å². The average molecular weight is 140 g/mol. The Hall–Kier alpha value is -1.32. The van der Waals surface area contributed by atoms with Crippen LogP contribution >= 0.6 is 0 Å². The number of carbonyl (C=O) groups is 1. The van der Waals surface area contributed by atoms with Crippen LogP contribution in [0.25, 0.3) is 0 Å². The molecule has 0 saturated heterocycles. The van der Waals surface area contributed by atoms with Crippen molar-refractivity contribution in [2.24, 2.45) is 4.99 Å². The summed E-state index contributed by atoms with van der Waals surface area (Å²) in [4.78, 5) is 14.7. The van der Waals surface area contributed by atoms with Gasteiger partial charge in [0, 0.05) is 0 Å². The minimum atomic E-state index is -0.242. The number of aliphatic imine (C=N–C) groups is 1. The lowest BCUT2D eigenvalue weighted by Crippen LogP contribution is -2.31. The molecule has 0 aromatic heterocycles. The quantitative estimate of drug-likeness (QED) is 0.367. The van der Waals surface area contributed by atoms with Crippen LogP contribution in [0.3, 0.4) is 0 Å². The van der Waals surface area contributed by atoms with Crippen molar-refractivity contribution >= 4 is 11.5 Å². The van der Waals surface area contributed by atoms with Gasteiger partial charge in [-0.2, -0.15) is 0 Å². The Balaban J connectivity index is 2.89. The summed E-state index contributed by atoms with van der Waals surface area (Å²) in [7, 11) is 0. The standard InChI is InChI=1S/C6H8N2O2/c1-4-6(10)5(2-9)8-3-7-4/h2,8-9H,3H2,1H3/b5-2+. The highest BCUT2D eigenvalue weighted by molar-refractivity contribution is 6.45. The number of hydrogen-bond acceptors (Lipinski definition) is 4. The van der Waals surface area contributed by atoms with E-state index in [0.29, 0.717) is 12.4 Å². The lowest BCUT2D eigenvalue weighted by molar-refractivity contribution is -0.110. The van der Waals surface area contributed by atoms with E-state index in [2.05, 4.69) is 10.3 Å². The molecule has 0 radical (unpaired) electrons. The normalized spacial score (nSPS) is 22.3. The molecular weight excluding hydrogens is 132 g/mol. The minimum absolute atomic E-state index is 0.215. The summed E-state index contributed by atoms with van der Waals surface area (Å²) >= 11 is 0. The zero-order valence-electron chi connectivity index (χ0n) is 5.59. The molecule has 1 aliphatic rings. The molecule has 0 aromatic carbocycles. The fourth-order valence-electron chi connectivity index (χ4n) is 0.695. The lowest BCUT2D eigenvalue weighted by Gasteiger charge is -2.11. The molecule has 1 aliphatic heterocycles. The fourth-order valence-corrected chi connectivity index (χ4v) is 0.695. The maximum atomic E-state index is 10.9. The van der Waals surface area contributed by atoms with Crippen LogP contribution in [0.15, 0.2) is 17.0 Å². The first kappa shape index (κ1) is 6.80. The van der Waals surface area contributed by atoms with Crippen LogP contribution in [-0.2, 0) is 4.79 Å². The van der Waals surface area contributed by atoms with Crippen LogP contribution in [0.2, 0.25) is 0 Å². The molecule has 0 spiro atoms. The van der Waals surface area contributed by atoms with Crippen molar-refractivity contribution < 1.29 is 9.90 Å². The van der Waals surface area contributed by atoms with E-state index in [0.717, 1.165) is 6.26 Å². The maximum Gasteiger partial charge on any atom is 0.225 e. The van der Waals surface area contributed by atoms with Crippen molar-refractivity contribution in [2.45, 2.75) is 6.92 Å². The SMILES string of the molecule is CC1=NCN/C(=C/O)C1=O. The first-order valence-corrected chi connectivity index (χ1v) is 2.89. The van der Waals surface area contributed by atoms with Gasteiger partial charge in [-0.15, -0.1) is 0 Å². The van der Waals surface area contributed by atoms with E-state index in [9.17, 15) is 4.79 Å². The molecule has 0 saturated carbocycles. The molecule has 10 heavy (non-hydrogen) atoms. The third-order valence-electron chi connectivity index (χ3n) is 1.29. The second-order valence-electron chi connectivity index (χ2n) is 1.95. The Bertz CT molecular complexity index is 218. The number of rotatable bonds is 0. The molecule has 4 heteroatoms. The zero-order valence-corrected chi connectivity index (χ0v) is 5.59. The number of hydrogen-bond donors (Lipinski definition) is 2. The van der Waals surface area contributed by atoms with Crippen LogP contribution in [0.1, 0.15) is 6.92 Å². The lowest BCUT2D eigenvalue weighted by atomic mass is 10.2. The van der Waals surface area contributed by atoms with Gasteiger partial charge in [0.15, 0.2) is 0 Å². The molecule has 0 aliphatic carbocycles. The molecule has 0 fully saturated rings. The van der Waals surface area contributed by atoms with Crippen molar-refractivity contribution in [3.05, 3.63) is 12.0 Å². The van der Waals surface area contributed by atoms with Gasteiger partial charge in [-0.3, -0.25) is 9.79 Å². The van der Waals surface area contributed by atoms with Gasteiger partial charge >= 0.3 is 0 Å². The second-order valence-corrected chi connectivity index (χ2v) is 1.95. The van der Waals surface area contributed by atoms with Gasteiger partial charge in [0.25, 0.3) is 0 Å². The van der Waals surface area contributed by atoms with Gasteiger partial charge in [0.2, 0.25) is 5.78 Å². The largest absolute Gasteiger partial charge is 0.513 e. The second kappa shape index (κ2) is 2.51. The highest BCUT2D eigenvalue weighted by Gasteiger charge is 2.15. The topological polar surface area (TPSA) is 61.7 Å². The first-order valence-electron chi connectivity index (χ1n) is 2.89. The number of nitrogens with zero attached hydrogens (tertiary/aromatic N) is 1. The first-order chi connectivity index (χ1) is 4.75. The van der Waals surface area contributed by atoms with Gasteiger partial charge in [0.1, 0.15) is 18.6 Å². The molecule has 54 valence electrons. The van der Waals surface area contributed by atoms with Gasteiger partial charge in [0.05, 0.1) is 5.71 Å². The van der Waals surface area contributed by atoms with Crippen molar-refractivity contribution in [1.82, 2.24) is 5.32 Å². The molecular formula is C6H8N2O2. The van der Waals surface area contributed by atoms with E-state index in [4.69, 9.17) is 5.11 Å². The van der Waals surface area contributed by atoms with E-state index >= 15 is 0 Å². The Morgan fingerprint density at radius 3 is 3.00 bits per heavy atom. The van der Waals surface area contributed by atoms with Crippen molar-refractivity contribution in [2.75, 3.05) is 6.67 Å². The number of ketones is 1. The molecule has 1 rings (SSSR count). The molecule has 0 atom stereocenters. The third kappa shape index (κ3) is 1.00. The number of aliphatic hydroxyl groups excluding tert-OH is 1. The van der Waals surface area contributed by atoms with Crippen LogP contribution in [-0.4, -0.2) is 23.3 Å². The van der Waals surface area contributed by atoms with Crippen LogP contribution < -0.4 is 5.32 Å². The summed E-state index contributed by atoms with van der Waals surface area (Å²) < 4.78 is 0. The van der Waals surface area contributed by atoms with Crippen molar-refractivity contribution in [1.29, 1.82) is 0 Å². The fraction of sp³-hybridized carbons (Fsp3) is 0.333. The number of carbonyl (C=O) groups excluding carboxylic acids is 1. The maximum absolute atomic E-state index is 10.9. The minimum Gasteiger partial charge on any atom is -0.513 e. The van der Waals surface area contributed by atoms with Crippen LogP contribution in [0.5, 0.6) is 0 Å². The monoisotopic (exact) mass is 140 g/mol. The third-order valence-corrected chi connectivity index (χ3v) is 1.29. The summed E-state index contributed by atoms with van der Waals surface area (Å²) in [5.41, 5.74) is 0.645. The molecule has 4 nitrogen and oxygen atoms in total. The van der Waals surface area contributed by atoms with Crippen molar-refractivity contribution in [3.8, 4) is 0 Å². The zero-order chi connectivity index (χ0) is 7.56. The summed E-state index contributed by atoms with van der Waals surface area (Å²) in [6.07, 6.45) is 0.764. The predicted octanol–water partition coefficient (Wildman–Crippen LogP) is -0.0235. The smallest absolute Gasteiger partial charge is 0.225 e. The molecule has 0 unspecified atom stereocenters. The van der Waals surface area contributed by atoms with Gasteiger partial charge in [-0.05, 0) is 6.92 Å². The number of Topliss-reactive ketones (excluding diaryl/α,β-unsaturated/α-hetero) is 1. The van der Waals surface area contributed by atoms with Crippen LogP contribution in [0, 0.1) is 0 Å². The van der Waals surface area contributed by atoms with Gasteiger partial charge < -0.3 is 10.4 Å². The van der Waals surface area contributed by atoms with E-state index in [-0.39, 0.29) is 11.5 Å². The Kier molecular flexibility index (Phi) is 1.71. The molecule has 2 N–H and O–H groups in total. The average Bonchev–Trinajstić information content (AvgIpc) is 1.95. The van der Waals surface area contributed by atoms with Crippen LogP contribution in [0.4, 0.5) is 0 Å². The molecule has 0 aromatic rings. The van der Waals surface area contributed by atoms with E-state index in [1.807, 2.05) is 0 Å². The highest BCUT2D eigenvalue weighted by Crippen LogP contribution is 1.98.